The number of ketones is 1. The van der Waals surface area contributed by atoms with E-state index in [0.29, 0.717) is 25.2 Å². The Balaban J connectivity index is 1.69. The molecular formula is C19H18O3. The molecular weight excluding hydrogens is 276 g/mol. The average Bonchev–Trinajstić information content (AvgIpc) is 2.59. The highest BCUT2D eigenvalue weighted by Gasteiger charge is 1.99. The second-order valence-corrected chi connectivity index (χ2v) is 4.65. The fourth-order valence-corrected chi connectivity index (χ4v) is 1.84. The van der Waals surface area contributed by atoms with Crippen molar-refractivity contribution in [3.05, 3.63) is 65.7 Å². The van der Waals surface area contributed by atoms with Gasteiger partial charge in [-0.15, -0.1) is 0 Å². The van der Waals surface area contributed by atoms with Crippen molar-refractivity contribution >= 4 is 5.78 Å². The van der Waals surface area contributed by atoms with E-state index in [-0.39, 0.29) is 5.78 Å². The van der Waals surface area contributed by atoms with Crippen LogP contribution in [0.15, 0.2) is 54.6 Å². The van der Waals surface area contributed by atoms with E-state index in [9.17, 15) is 4.79 Å². The molecule has 22 heavy (non-hydrogen) atoms. The maximum absolute atomic E-state index is 11.7. The summed E-state index contributed by atoms with van der Waals surface area (Å²) in [5.74, 6) is 6.14. The molecule has 0 heterocycles. The summed E-state index contributed by atoms with van der Waals surface area (Å²) in [5, 5.41) is 0. The van der Waals surface area contributed by atoms with Gasteiger partial charge >= 0.3 is 0 Å². The van der Waals surface area contributed by atoms with Crippen LogP contribution < -0.4 is 4.74 Å². The van der Waals surface area contributed by atoms with Crippen LogP contribution in [0.2, 0.25) is 0 Å². The van der Waals surface area contributed by atoms with Crippen molar-refractivity contribution in [2.75, 3.05) is 13.7 Å². The molecule has 0 N–H and O–H groups in total. The van der Waals surface area contributed by atoms with Crippen molar-refractivity contribution < 1.29 is 14.3 Å². The average molecular weight is 294 g/mol. The van der Waals surface area contributed by atoms with Gasteiger partial charge in [0, 0.05) is 12.0 Å². The summed E-state index contributed by atoms with van der Waals surface area (Å²) in [7, 11) is 1.64. The molecule has 3 nitrogen and oxygen atoms in total. The number of Topliss-reactive ketones (excluding diaryl/α,β-unsaturated/α-hetero) is 1. The third kappa shape index (κ3) is 5.08. The number of hydrogen-bond acceptors (Lipinski definition) is 3. The molecule has 3 heteroatoms. The lowest BCUT2D eigenvalue weighted by atomic mass is 10.1. The summed E-state index contributed by atoms with van der Waals surface area (Å²) >= 11 is 0. The molecule has 0 bridgehead atoms. The van der Waals surface area contributed by atoms with Crippen LogP contribution in [0.3, 0.4) is 0 Å². The Bertz CT molecular complexity index is 649. The Morgan fingerprint density at radius 3 is 2.45 bits per heavy atom. The topological polar surface area (TPSA) is 35.5 Å². The summed E-state index contributed by atoms with van der Waals surface area (Å²) in [6.07, 6.45) is 0.536. The van der Waals surface area contributed by atoms with E-state index >= 15 is 0 Å². The van der Waals surface area contributed by atoms with Gasteiger partial charge in [0.05, 0.1) is 20.3 Å². The van der Waals surface area contributed by atoms with Crippen molar-refractivity contribution in [1.29, 1.82) is 0 Å². The highest BCUT2D eigenvalue weighted by molar-refractivity contribution is 6.08. The van der Waals surface area contributed by atoms with E-state index in [0.717, 1.165) is 11.3 Å². The van der Waals surface area contributed by atoms with Gasteiger partial charge in [0.25, 0.3) is 0 Å². The third-order valence-electron chi connectivity index (χ3n) is 3.04. The van der Waals surface area contributed by atoms with Crippen LogP contribution >= 0.6 is 0 Å². The van der Waals surface area contributed by atoms with E-state index < -0.39 is 0 Å². The van der Waals surface area contributed by atoms with Crippen LogP contribution in [0.5, 0.6) is 5.75 Å². The van der Waals surface area contributed by atoms with Gasteiger partial charge in [0.1, 0.15) is 5.75 Å². The molecule has 112 valence electrons. The standard InChI is InChI=1S/C19H18O3/c1-21-18-12-10-16(11-13-18)15-22-14-6-5-9-19(20)17-7-3-2-4-8-17/h2-4,7-8,10-13H,6,14-15H2,1H3. The first kappa shape index (κ1) is 15.8. The summed E-state index contributed by atoms with van der Waals surface area (Å²) in [6, 6.07) is 16.8. The number of carbonyl (C=O) groups is 1. The van der Waals surface area contributed by atoms with E-state index in [2.05, 4.69) is 11.8 Å². The minimum absolute atomic E-state index is 0.157. The van der Waals surface area contributed by atoms with Gasteiger partial charge in [-0.05, 0) is 23.6 Å². The largest absolute Gasteiger partial charge is 0.497 e. The van der Waals surface area contributed by atoms with Gasteiger partial charge < -0.3 is 9.47 Å². The zero-order valence-electron chi connectivity index (χ0n) is 12.5. The van der Waals surface area contributed by atoms with Gasteiger partial charge in [-0.1, -0.05) is 48.4 Å². The number of methoxy groups -OCH3 is 1. The highest BCUT2D eigenvalue weighted by Crippen LogP contribution is 2.11. The molecule has 0 spiro atoms. The third-order valence-corrected chi connectivity index (χ3v) is 3.04. The summed E-state index contributed by atoms with van der Waals surface area (Å²) in [5.41, 5.74) is 1.70. The lowest BCUT2D eigenvalue weighted by Gasteiger charge is -2.03. The smallest absolute Gasteiger partial charge is 0.235 e. The SMILES string of the molecule is COc1ccc(COCCC#CC(=O)c2ccccc2)cc1. The molecule has 0 unspecified atom stereocenters. The van der Waals surface area contributed by atoms with Crippen LogP contribution in [0.1, 0.15) is 22.3 Å². The Kier molecular flexibility index (Phi) is 6.22. The lowest BCUT2D eigenvalue weighted by molar-refractivity contribution is 0.105. The van der Waals surface area contributed by atoms with E-state index in [1.165, 1.54) is 0 Å². The maximum Gasteiger partial charge on any atom is 0.235 e. The number of rotatable bonds is 6. The van der Waals surface area contributed by atoms with Crippen LogP contribution in [0.4, 0.5) is 0 Å². The summed E-state index contributed by atoms with van der Waals surface area (Å²) in [6.45, 7) is 1.03. The molecule has 0 aliphatic carbocycles. The van der Waals surface area contributed by atoms with E-state index in [4.69, 9.17) is 9.47 Å². The first-order chi connectivity index (χ1) is 10.8. The molecule has 0 amide bonds. The fourth-order valence-electron chi connectivity index (χ4n) is 1.84. The van der Waals surface area contributed by atoms with Crippen molar-refractivity contribution in [3.8, 4) is 17.6 Å². The van der Waals surface area contributed by atoms with Crippen LogP contribution in [-0.4, -0.2) is 19.5 Å². The molecule has 0 atom stereocenters. The van der Waals surface area contributed by atoms with E-state index in [1.54, 1.807) is 19.2 Å². The molecule has 2 rings (SSSR count). The van der Waals surface area contributed by atoms with Crippen molar-refractivity contribution in [2.45, 2.75) is 13.0 Å². The van der Waals surface area contributed by atoms with Crippen molar-refractivity contribution in [3.63, 3.8) is 0 Å². The quantitative estimate of drug-likeness (QED) is 0.354. The number of benzene rings is 2. The van der Waals surface area contributed by atoms with Gasteiger partial charge in [-0.2, -0.15) is 0 Å². The molecule has 2 aromatic carbocycles. The van der Waals surface area contributed by atoms with Gasteiger partial charge in [-0.25, -0.2) is 0 Å². The Morgan fingerprint density at radius 2 is 1.77 bits per heavy atom. The minimum atomic E-state index is -0.157. The molecule has 0 aliphatic heterocycles. The van der Waals surface area contributed by atoms with Gasteiger partial charge in [-0.3, -0.25) is 4.79 Å². The summed E-state index contributed by atoms with van der Waals surface area (Å²) < 4.78 is 10.6. The number of carbonyl (C=O) groups excluding carboxylic acids is 1. The fraction of sp³-hybridized carbons (Fsp3) is 0.211. The molecule has 0 aromatic heterocycles. The highest BCUT2D eigenvalue weighted by atomic mass is 16.5. The Labute approximate surface area is 130 Å². The molecule has 2 aromatic rings. The molecule has 0 fully saturated rings. The molecule has 0 aliphatic rings. The number of hydrogen-bond donors (Lipinski definition) is 0. The van der Waals surface area contributed by atoms with Crippen LogP contribution in [0, 0.1) is 11.8 Å². The predicted octanol–water partition coefficient (Wildman–Crippen LogP) is 3.49. The summed E-state index contributed by atoms with van der Waals surface area (Å²) in [4.78, 5) is 11.7. The molecule has 0 saturated heterocycles. The van der Waals surface area contributed by atoms with Crippen molar-refractivity contribution in [2.24, 2.45) is 0 Å². The Hall–Kier alpha value is -2.57. The lowest BCUT2D eigenvalue weighted by Crippen LogP contribution is -1.96. The predicted molar refractivity (Wildman–Crippen MR) is 85.8 cm³/mol. The first-order valence-electron chi connectivity index (χ1n) is 7.08. The second-order valence-electron chi connectivity index (χ2n) is 4.65. The normalized spacial score (nSPS) is 9.68. The zero-order valence-corrected chi connectivity index (χ0v) is 12.5. The van der Waals surface area contributed by atoms with E-state index in [1.807, 2.05) is 42.5 Å². The maximum atomic E-state index is 11.7. The van der Waals surface area contributed by atoms with Gasteiger partial charge in [0.2, 0.25) is 5.78 Å². The van der Waals surface area contributed by atoms with Crippen LogP contribution in [0.25, 0.3) is 0 Å². The monoisotopic (exact) mass is 294 g/mol. The molecule has 0 saturated carbocycles. The van der Waals surface area contributed by atoms with Crippen LogP contribution in [-0.2, 0) is 11.3 Å². The Morgan fingerprint density at radius 1 is 1.05 bits per heavy atom. The second kappa shape index (κ2) is 8.66. The molecule has 0 radical (unpaired) electrons. The minimum Gasteiger partial charge on any atom is -0.497 e. The number of ether oxygens (including phenoxy) is 2. The zero-order chi connectivity index (χ0) is 15.6. The van der Waals surface area contributed by atoms with Crippen molar-refractivity contribution in [1.82, 2.24) is 0 Å². The first-order valence-corrected chi connectivity index (χ1v) is 7.08. The van der Waals surface area contributed by atoms with Gasteiger partial charge in [0.15, 0.2) is 0 Å².